The number of aromatic carboxylic acids is 1. The molecular weight excluding hydrogens is 563 g/mol. The van der Waals surface area contributed by atoms with Gasteiger partial charge in [0.2, 0.25) is 5.82 Å². The van der Waals surface area contributed by atoms with Gasteiger partial charge in [0.05, 0.1) is 27.3 Å². The summed E-state index contributed by atoms with van der Waals surface area (Å²) >= 11 is 12.3. The Hall–Kier alpha value is -5.01. The molecule has 0 radical (unpaired) electrons. The third kappa shape index (κ3) is 6.51. The minimum Gasteiger partial charge on any atom is -0.478 e. The van der Waals surface area contributed by atoms with Gasteiger partial charge >= 0.3 is 11.7 Å². The zero-order valence-electron chi connectivity index (χ0n) is 20.4. The Kier molecular flexibility index (Phi) is 8.57. The van der Waals surface area contributed by atoms with Crippen LogP contribution in [-0.4, -0.2) is 49.9 Å². The zero-order chi connectivity index (χ0) is 28.8. The molecular formula is C25H20Cl2N8O5. The highest BCUT2D eigenvalue weighted by Crippen LogP contribution is 2.30. The third-order valence-electron chi connectivity index (χ3n) is 5.43. The molecule has 1 amide bonds. The summed E-state index contributed by atoms with van der Waals surface area (Å²) < 4.78 is 0. The summed E-state index contributed by atoms with van der Waals surface area (Å²) in [5.74, 6) is -1.37. The number of nitro groups is 1. The lowest BCUT2D eigenvalue weighted by Gasteiger charge is -2.15. The first-order valence-electron chi connectivity index (χ1n) is 11.5. The second kappa shape index (κ2) is 12.2. The first kappa shape index (κ1) is 28.0. The fourth-order valence-corrected chi connectivity index (χ4v) is 4.05. The Morgan fingerprint density at radius 3 is 2.40 bits per heavy atom. The number of nitrogens with two attached hydrogens (primary N) is 1. The van der Waals surface area contributed by atoms with E-state index in [2.05, 4.69) is 30.9 Å². The molecule has 0 atom stereocenters. The number of carboxylic acid groups (broad SMARTS) is 1. The van der Waals surface area contributed by atoms with Crippen LogP contribution < -0.4 is 21.7 Å². The number of carbonyl (C=O) groups is 2. The van der Waals surface area contributed by atoms with Gasteiger partial charge in [-0.2, -0.15) is 0 Å². The quantitative estimate of drug-likeness (QED) is 0.0975. The highest BCUT2D eigenvalue weighted by Gasteiger charge is 2.19. The van der Waals surface area contributed by atoms with Gasteiger partial charge in [0.25, 0.3) is 5.91 Å². The van der Waals surface area contributed by atoms with Crippen LogP contribution in [0, 0.1) is 10.1 Å². The predicted molar refractivity (Wildman–Crippen MR) is 151 cm³/mol. The molecule has 0 saturated heterocycles. The number of hydrogen-bond acceptors (Lipinski definition) is 10. The molecule has 0 fully saturated rings. The van der Waals surface area contributed by atoms with Crippen LogP contribution in [0.15, 0.2) is 60.8 Å². The van der Waals surface area contributed by atoms with Crippen molar-refractivity contribution in [3.8, 4) is 11.4 Å². The third-order valence-corrected chi connectivity index (χ3v) is 5.98. The first-order valence-corrected chi connectivity index (χ1v) is 12.2. The van der Waals surface area contributed by atoms with Crippen molar-refractivity contribution in [1.82, 2.24) is 15.0 Å². The van der Waals surface area contributed by atoms with E-state index in [9.17, 15) is 24.8 Å². The van der Waals surface area contributed by atoms with Crippen molar-refractivity contribution in [3.05, 3.63) is 92.1 Å². The van der Waals surface area contributed by atoms with Gasteiger partial charge in [0, 0.05) is 29.7 Å². The SMILES string of the molecule is Nc1nc(NCCNc2nc(-c3ccc(Cl)cc3Cl)ncc2NC(=O)c2ccccc2C(=O)O)ccc1[N+](=O)[O-]. The van der Waals surface area contributed by atoms with Crippen LogP contribution in [0.4, 0.5) is 28.8 Å². The minimum atomic E-state index is -1.25. The number of nitrogen functional groups attached to an aromatic ring is 1. The average Bonchev–Trinajstić information content (AvgIpc) is 2.91. The Bertz CT molecular complexity index is 1620. The van der Waals surface area contributed by atoms with Crippen molar-refractivity contribution in [2.45, 2.75) is 0 Å². The summed E-state index contributed by atoms with van der Waals surface area (Å²) in [4.78, 5) is 47.7. The lowest BCUT2D eigenvalue weighted by Crippen LogP contribution is -2.20. The number of nitrogens with one attached hydrogen (secondary N) is 3. The molecule has 13 nitrogen and oxygen atoms in total. The summed E-state index contributed by atoms with van der Waals surface area (Å²) in [6.07, 6.45) is 1.36. The van der Waals surface area contributed by atoms with Gasteiger partial charge in [-0.3, -0.25) is 14.9 Å². The van der Waals surface area contributed by atoms with Gasteiger partial charge in [0.15, 0.2) is 11.6 Å². The van der Waals surface area contributed by atoms with Crippen LogP contribution in [0.5, 0.6) is 0 Å². The van der Waals surface area contributed by atoms with Gasteiger partial charge in [0.1, 0.15) is 11.5 Å². The number of carboxylic acids is 1. The number of anilines is 4. The van der Waals surface area contributed by atoms with Crippen LogP contribution in [0.25, 0.3) is 11.4 Å². The number of benzene rings is 2. The van der Waals surface area contributed by atoms with E-state index in [0.29, 0.717) is 21.4 Å². The molecule has 204 valence electrons. The van der Waals surface area contributed by atoms with Crippen molar-refractivity contribution >= 4 is 63.9 Å². The van der Waals surface area contributed by atoms with Crippen LogP contribution in [0.3, 0.4) is 0 Å². The summed E-state index contributed by atoms with van der Waals surface area (Å²) in [7, 11) is 0. The molecule has 2 heterocycles. The van der Waals surface area contributed by atoms with Crippen molar-refractivity contribution < 1.29 is 19.6 Å². The Labute approximate surface area is 236 Å². The number of rotatable bonds is 10. The molecule has 2 aromatic carbocycles. The largest absolute Gasteiger partial charge is 0.478 e. The number of pyridine rings is 1. The van der Waals surface area contributed by atoms with E-state index in [1.807, 2.05) is 0 Å². The molecule has 2 aromatic heterocycles. The van der Waals surface area contributed by atoms with E-state index in [-0.39, 0.29) is 53.1 Å². The van der Waals surface area contributed by atoms with Crippen molar-refractivity contribution in [1.29, 1.82) is 0 Å². The Morgan fingerprint density at radius 1 is 1.00 bits per heavy atom. The van der Waals surface area contributed by atoms with Gasteiger partial charge in [-0.15, -0.1) is 0 Å². The lowest BCUT2D eigenvalue weighted by molar-refractivity contribution is -0.384. The standard InChI is InChI=1S/C25H20Cl2N8O5/c26-13-5-6-16(17(27)11-13)22-31-12-18(32-24(36)14-3-1-2-4-15(14)25(37)38)23(34-22)30-10-9-29-20-8-7-19(35(39)40)21(28)33-20/h1-8,11-12H,9-10H2,(H,32,36)(H,37,38)(H3,28,29,33)(H,30,31,34). The molecule has 4 aromatic rings. The minimum absolute atomic E-state index is 0.0470. The van der Waals surface area contributed by atoms with Gasteiger partial charge < -0.3 is 26.8 Å². The topological polar surface area (TPSA) is 198 Å². The maximum Gasteiger partial charge on any atom is 0.336 e. The fourth-order valence-electron chi connectivity index (χ4n) is 3.56. The molecule has 40 heavy (non-hydrogen) atoms. The highest BCUT2D eigenvalue weighted by atomic mass is 35.5. The van der Waals surface area contributed by atoms with Gasteiger partial charge in [-0.05, 0) is 36.4 Å². The number of halogens is 2. The molecule has 4 rings (SSSR count). The smallest absolute Gasteiger partial charge is 0.336 e. The number of carbonyl (C=O) groups excluding carboxylic acids is 1. The fraction of sp³-hybridized carbons (Fsp3) is 0.0800. The maximum atomic E-state index is 13.0. The lowest BCUT2D eigenvalue weighted by atomic mass is 10.1. The van der Waals surface area contributed by atoms with Crippen LogP contribution in [0.1, 0.15) is 20.7 Å². The van der Waals surface area contributed by atoms with E-state index in [1.54, 1.807) is 24.3 Å². The summed E-state index contributed by atoms with van der Waals surface area (Å²) in [6, 6.07) is 13.3. The van der Waals surface area contributed by atoms with Crippen LogP contribution in [-0.2, 0) is 0 Å². The first-order chi connectivity index (χ1) is 19.1. The van der Waals surface area contributed by atoms with E-state index >= 15 is 0 Å². The van der Waals surface area contributed by atoms with Crippen molar-refractivity contribution in [3.63, 3.8) is 0 Å². The van der Waals surface area contributed by atoms with E-state index < -0.39 is 16.8 Å². The van der Waals surface area contributed by atoms with Gasteiger partial charge in [-0.1, -0.05) is 35.3 Å². The molecule has 0 bridgehead atoms. The monoisotopic (exact) mass is 582 g/mol. The number of aromatic nitrogens is 3. The molecule has 15 heteroatoms. The van der Waals surface area contributed by atoms with E-state index in [1.165, 1.54) is 36.5 Å². The Balaban J connectivity index is 1.57. The predicted octanol–water partition coefficient (Wildman–Crippen LogP) is 4.81. The number of amides is 1. The maximum absolute atomic E-state index is 13.0. The highest BCUT2D eigenvalue weighted by molar-refractivity contribution is 6.36. The molecule has 0 aliphatic rings. The molecule has 0 spiro atoms. The Morgan fingerprint density at radius 2 is 1.73 bits per heavy atom. The summed E-state index contributed by atoms with van der Waals surface area (Å²) in [5.41, 5.74) is 5.79. The van der Waals surface area contributed by atoms with Gasteiger partial charge in [-0.25, -0.2) is 19.7 Å². The molecule has 0 saturated carbocycles. The second-order valence-electron chi connectivity index (χ2n) is 8.10. The number of nitrogens with zero attached hydrogens (tertiary/aromatic N) is 4. The van der Waals surface area contributed by atoms with Crippen molar-refractivity contribution in [2.24, 2.45) is 0 Å². The zero-order valence-corrected chi connectivity index (χ0v) is 21.9. The normalized spacial score (nSPS) is 10.6. The number of hydrogen-bond donors (Lipinski definition) is 5. The molecule has 0 unspecified atom stereocenters. The second-order valence-corrected chi connectivity index (χ2v) is 8.94. The molecule has 0 aliphatic heterocycles. The van der Waals surface area contributed by atoms with E-state index in [4.69, 9.17) is 28.9 Å². The average molecular weight is 583 g/mol. The summed E-state index contributed by atoms with van der Waals surface area (Å²) in [6.45, 7) is 0.526. The molecule has 6 N–H and O–H groups in total. The summed E-state index contributed by atoms with van der Waals surface area (Å²) in [5, 5.41) is 29.8. The van der Waals surface area contributed by atoms with Crippen LogP contribution >= 0.6 is 23.2 Å². The van der Waals surface area contributed by atoms with Crippen LogP contribution in [0.2, 0.25) is 10.0 Å². The van der Waals surface area contributed by atoms with E-state index in [0.717, 1.165) is 0 Å². The van der Waals surface area contributed by atoms with Crippen molar-refractivity contribution in [2.75, 3.05) is 34.8 Å². The molecule has 0 aliphatic carbocycles.